The highest BCUT2D eigenvalue weighted by Crippen LogP contribution is 2.31. The number of thiazole rings is 1. The van der Waals surface area contributed by atoms with E-state index in [0.29, 0.717) is 32.3 Å². The van der Waals surface area contributed by atoms with Gasteiger partial charge in [0.05, 0.1) is 10.6 Å². The Balaban J connectivity index is 1.56. The van der Waals surface area contributed by atoms with Crippen molar-refractivity contribution < 1.29 is 8.42 Å². The molecule has 0 aliphatic carbocycles. The van der Waals surface area contributed by atoms with Crippen LogP contribution in [-0.2, 0) is 10.0 Å². The Morgan fingerprint density at radius 1 is 1.11 bits per heavy atom. The largest absolute Gasteiger partial charge is 0.378 e. The van der Waals surface area contributed by atoms with E-state index in [1.807, 2.05) is 49.3 Å². The summed E-state index contributed by atoms with van der Waals surface area (Å²) in [4.78, 5) is 26.1. The standard InChI is InChI=1S/C22H19N7O3S3/c1-29(2)15-7-3-13(4-8-15)19-17(11-23)20(30)28-22(27-19)34-18-12-33-21(26-18)25-14-5-9-16(10-6-14)35(24,31)32/h3-10,12H,1-2H3,(H,25,26)(H2,24,31,32)(H,27,28,30). The Morgan fingerprint density at radius 3 is 2.40 bits per heavy atom. The highest BCUT2D eigenvalue weighted by Gasteiger charge is 2.15. The first-order valence-electron chi connectivity index (χ1n) is 9.99. The lowest BCUT2D eigenvalue weighted by atomic mass is 10.1. The number of nitriles is 1. The van der Waals surface area contributed by atoms with E-state index in [1.54, 1.807) is 17.5 Å². The van der Waals surface area contributed by atoms with E-state index in [0.717, 1.165) is 17.4 Å². The van der Waals surface area contributed by atoms with Crippen molar-refractivity contribution in [3.8, 4) is 17.3 Å². The molecule has 10 nitrogen and oxygen atoms in total. The summed E-state index contributed by atoms with van der Waals surface area (Å²) in [7, 11) is 0.0827. The SMILES string of the molecule is CN(C)c1ccc(-c2nc(Sc3csc(Nc4ccc(S(N)(=O)=O)cc4)n3)[nH]c(=O)c2C#N)cc1. The lowest BCUT2D eigenvalue weighted by Crippen LogP contribution is -2.14. The molecule has 2 aromatic heterocycles. The highest BCUT2D eigenvalue weighted by atomic mass is 32.2. The third kappa shape index (κ3) is 5.69. The lowest BCUT2D eigenvalue weighted by molar-refractivity contribution is 0.598. The van der Waals surface area contributed by atoms with Crippen LogP contribution in [-0.4, -0.2) is 37.5 Å². The molecule has 178 valence electrons. The molecule has 2 aromatic carbocycles. The van der Waals surface area contributed by atoms with Crippen LogP contribution in [0.5, 0.6) is 0 Å². The molecule has 0 aliphatic rings. The molecule has 0 spiro atoms. The molecular formula is C22H19N7O3S3. The number of nitrogens with zero attached hydrogens (tertiary/aromatic N) is 4. The first kappa shape index (κ1) is 24.4. The van der Waals surface area contributed by atoms with Crippen LogP contribution >= 0.6 is 23.1 Å². The van der Waals surface area contributed by atoms with Gasteiger partial charge in [-0.1, -0.05) is 12.1 Å². The predicted octanol–water partition coefficient (Wildman–Crippen LogP) is 3.37. The molecular weight excluding hydrogens is 506 g/mol. The summed E-state index contributed by atoms with van der Waals surface area (Å²) in [5.74, 6) is 0. The van der Waals surface area contributed by atoms with Gasteiger partial charge < -0.3 is 10.2 Å². The first-order valence-corrected chi connectivity index (χ1v) is 13.2. The van der Waals surface area contributed by atoms with Gasteiger partial charge >= 0.3 is 0 Å². The van der Waals surface area contributed by atoms with Gasteiger partial charge in [-0.05, 0) is 48.2 Å². The van der Waals surface area contributed by atoms with Crippen molar-refractivity contribution in [3.05, 3.63) is 69.8 Å². The van der Waals surface area contributed by atoms with Gasteiger partial charge in [-0.25, -0.2) is 23.5 Å². The van der Waals surface area contributed by atoms with Gasteiger partial charge in [-0.2, -0.15) is 5.26 Å². The van der Waals surface area contributed by atoms with Crippen molar-refractivity contribution >= 4 is 49.6 Å². The Labute approximate surface area is 209 Å². The molecule has 0 fully saturated rings. The van der Waals surface area contributed by atoms with Crippen LogP contribution in [0, 0.1) is 11.3 Å². The number of anilines is 3. The van der Waals surface area contributed by atoms with Crippen LogP contribution in [0.3, 0.4) is 0 Å². The lowest BCUT2D eigenvalue weighted by Gasteiger charge is -2.13. The zero-order chi connectivity index (χ0) is 25.2. The van der Waals surface area contributed by atoms with E-state index in [4.69, 9.17) is 5.14 Å². The molecule has 0 aliphatic heterocycles. The minimum absolute atomic E-state index is 0.0152. The topological polar surface area (TPSA) is 158 Å². The first-order chi connectivity index (χ1) is 16.6. The van der Waals surface area contributed by atoms with E-state index in [1.165, 1.54) is 23.5 Å². The molecule has 0 atom stereocenters. The van der Waals surface area contributed by atoms with Gasteiger partial charge in [0.25, 0.3) is 5.56 Å². The van der Waals surface area contributed by atoms with Gasteiger partial charge in [-0.3, -0.25) is 9.78 Å². The summed E-state index contributed by atoms with van der Waals surface area (Å²) >= 11 is 2.48. The molecule has 0 bridgehead atoms. The normalized spacial score (nSPS) is 11.1. The van der Waals surface area contributed by atoms with Crippen LogP contribution in [0.15, 0.2) is 73.8 Å². The van der Waals surface area contributed by atoms with Crippen molar-refractivity contribution in [2.75, 3.05) is 24.3 Å². The number of nitrogens with one attached hydrogen (secondary N) is 2. The smallest absolute Gasteiger partial charge is 0.270 e. The molecule has 0 saturated carbocycles. The van der Waals surface area contributed by atoms with Crippen LogP contribution in [0.4, 0.5) is 16.5 Å². The van der Waals surface area contributed by atoms with Crippen LogP contribution < -0.4 is 20.9 Å². The molecule has 4 N–H and O–H groups in total. The maximum Gasteiger partial charge on any atom is 0.270 e. The molecule has 4 aromatic rings. The quantitative estimate of drug-likeness (QED) is 0.308. The summed E-state index contributed by atoms with van der Waals surface area (Å²) in [6.07, 6.45) is 0. The number of nitrogens with two attached hydrogens (primary N) is 1. The van der Waals surface area contributed by atoms with Gasteiger partial charge in [0.15, 0.2) is 10.3 Å². The molecule has 2 heterocycles. The van der Waals surface area contributed by atoms with E-state index < -0.39 is 15.6 Å². The van der Waals surface area contributed by atoms with Gasteiger partial charge in [-0.15, -0.1) is 11.3 Å². The number of primary sulfonamides is 1. The minimum atomic E-state index is -3.76. The second-order valence-electron chi connectivity index (χ2n) is 7.44. The Morgan fingerprint density at radius 2 is 1.80 bits per heavy atom. The molecule has 0 unspecified atom stereocenters. The summed E-state index contributed by atoms with van der Waals surface area (Å²) in [6, 6.07) is 15.3. The molecule has 4 rings (SSSR count). The molecule has 35 heavy (non-hydrogen) atoms. The number of benzene rings is 2. The molecule has 13 heteroatoms. The van der Waals surface area contributed by atoms with Crippen molar-refractivity contribution in [3.63, 3.8) is 0 Å². The number of H-pyrrole nitrogens is 1. The summed E-state index contributed by atoms with van der Waals surface area (Å²) in [6.45, 7) is 0. The fourth-order valence-electron chi connectivity index (χ4n) is 3.04. The number of hydrogen-bond donors (Lipinski definition) is 3. The second kappa shape index (κ2) is 9.88. The predicted molar refractivity (Wildman–Crippen MR) is 137 cm³/mol. The maximum atomic E-state index is 12.6. The van der Waals surface area contributed by atoms with Gasteiger partial charge in [0.1, 0.15) is 16.7 Å². The Bertz CT molecular complexity index is 1570. The summed E-state index contributed by atoms with van der Waals surface area (Å²) in [5.41, 5.74) is 1.98. The molecule has 0 saturated heterocycles. The van der Waals surface area contributed by atoms with Crippen LogP contribution in [0.2, 0.25) is 0 Å². The average molecular weight is 526 g/mol. The van der Waals surface area contributed by atoms with Crippen LogP contribution in [0.25, 0.3) is 11.3 Å². The van der Waals surface area contributed by atoms with Crippen molar-refractivity contribution in [1.29, 1.82) is 5.26 Å². The summed E-state index contributed by atoms with van der Waals surface area (Å²) < 4.78 is 22.8. The third-order valence-electron chi connectivity index (χ3n) is 4.79. The van der Waals surface area contributed by atoms with E-state index in [2.05, 4.69) is 20.3 Å². The molecule has 0 amide bonds. The minimum Gasteiger partial charge on any atom is -0.378 e. The number of sulfonamides is 1. The monoisotopic (exact) mass is 525 g/mol. The molecule has 0 radical (unpaired) electrons. The van der Waals surface area contributed by atoms with E-state index in [9.17, 15) is 18.5 Å². The van der Waals surface area contributed by atoms with Crippen LogP contribution in [0.1, 0.15) is 5.56 Å². The fraction of sp³-hybridized carbons (Fsp3) is 0.0909. The fourth-order valence-corrected chi connectivity index (χ4v) is 5.16. The summed E-state index contributed by atoms with van der Waals surface area (Å²) in [5, 5.41) is 20.9. The number of rotatable bonds is 7. The zero-order valence-corrected chi connectivity index (χ0v) is 21.0. The highest BCUT2D eigenvalue weighted by molar-refractivity contribution is 7.99. The third-order valence-corrected chi connectivity index (χ3v) is 7.43. The van der Waals surface area contributed by atoms with E-state index in [-0.39, 0.29) is 10.5 Å². The number of aromatic amines is 1. The van der Waals surface area contributed by atoms with Crippen molar-refractivity contribution in [1.82, 2.24) is 15.0 Å². The van der Waals surface area contributed by atoms with Gasteiger partial charge in [0.2, 0.25) is 10.0 Å². The van der Waals surface area contributed by atoms with E-state index >= 15 is 0 Å². The van der Waals surface area contributed by atoms with Crippen molar-refractivity contribution in [2.24, 2.45) is 5.14 Å². The van der Waals surface area contributed by atoms with Gasteiger partial charge in [0, 0.05) is 36.4 Å². The maximum absolute atomic E-state index is 12.6. The average Bonchev–Trinajstić information content (AvgIpc) is 3.25. The number of hydrogen-bond acceptors (Lipinski definition) is 10. The second-order valence-corrected chi connectivity index (χ2v) is 10.9. The Hall–Kier alpha value is -3.70. The zero-order valence-electron chi connectivity index (χ0n) is 18.5. The number of aromatic nitrogens is 3. The van der Waals surface area contributed by atoms with Crippen molar-refractivity contribution in [2.45, 2.75) is 15.1 Å². The Kier molecular flexibility index (Phi) is 6.90.